The highest BCUT2D eigenvalue weighted by Crippen LogP contribution is 2.41. The minimum atomic E-state index is -0.878. The number of aromatic nitrogens is 2. The van der Waals surface area contributed by atoms with Gasteiger partial charge >= 0.3 is 11.2 Å². The lowest BCUT2D eigenvalue weighted by Gasteiger charge is -2.36. The molecule has 4 aromatic rings. The number of benzene rings is 3. The summed E-state index contributed by atoms with van der Waals surface area (Å²) in [7, 11) is 0. The van der Waals surface area contributed by atoms with Gasteiger partial charge in [-0.05, 0) is 34.8 Å². The van der Waals surface area contributed by atoms with Crippen LogP contribution in [0.25, 0.3) is 10.4 Å². The molecule has 5 rings (SSSR count). The second kappa shape index (κ2) is 10.7. The lowest BCUT2D eigenvalue weighted by molar-refractivity contribution is -0.0776. The summed E-state index contributed by atoms with van der Waals surface area (Å²) in [6, 6.07) is 31.4. The van der Waals surface area contributed by atoms with Crippen LogP contribution in [0, 0.1) is 0 Å². The van der Waals surface area contributed by atoms with Gasteiger partial charge in [0.05, 0.1) is 12.7 Å². The summed E-state index contributed by atoms with van der Waals surface area (Å²) < 4.78 is 14.8. The molecule has 0 amide bonds. The molecular weight excluding hydrogens is 470 g/mol. The molecule has 1 saturated heterocycles. The van der Waals surface area contributed by atoms with Crippen molar-refractivity contribution in [1.82, 2.24) is 9.24 Å². The maximum Gasteiger partial charge on any atom is 0.428 e. The first kappa shape index (κ1) is 24.3. The average Bonchev–Trinajstić information content (AvgIpc) is 3.42. The van der Waals surface area contributed by atoms with E-state index >= 15 is 0 Å². The van der Waals surface area contributed by atoms with Crippen molar-refractivity contribution in [3.05, 3.63) is 151 Å². The van der Waals surface area contributed by atoms with E-state index in [4.69, 9.17) is 15.0 Å². The van der Waals surface area contributed by atoms with Crippen LogP contribution in [0.4, 0.5) is 0 Å². The molecule has 0 unspecified atom stereocenters. The van der Waals surface area contributed by atoms with Crippen LogP contribution in [0.15, 0.2) is 118 Å². The maximum atomic E-state index is 12.7. The number of hydrogen-bond donors (Lipinski definition) is 0. The first-order chi connectivity index (χ1) is 18.1. The SMILES string of the molecule is [N-]=[N+]=Nn1c(=O)ccn([C@H]2CC[C@@H](COC(c3ccccc3)(c3ccccc3)c3ccccc3)O2)c1=O. The summed E-state index contributed by atoms with van der Waals surface area (Å²) in [5, 5.41) is 3.20. The molecule has 0 saturated carbocycles. The lowest BCUT2D eigenvalue weighted by Crippen LogP contribution is -2.38. The third-order valence-electron chi connectivity index (χ3n) is 6.54. The monoisotopic (exact) mass is 495 g/mol. The summed E-state index contributed by atoms with van der Waals surface area (Å²) >= 11 is 0. The lowest BCUT2D eigenvalue weighted by atomic mass is 9.80. The van der Waals surface area contributed by atoms with E-state index in [-0.39, 0.29) is 12.7 Å². The molecule has 1 aromatic heterocycles. The average molecular weight is 496 g/mol. The predicted molar refractivity (Wildman–Crippen MR) is 138 cm³/mol. The highest BCUT2D eigenvalue weighted by Gasteiger charge is 2.39. The quantitative estimate of drug-likeness (QED) is 0.152. The van der Waals surface area contributed by atoms with Crippen molar-refractivity contribution >= 4 is 0 Å². The van der Waals surface area contributed by atoms with Gasteiger partial charge in [-0.1, -0.05) is 95.7 Å². The van der Waals surface area contributed by atoms with Gasteiger partial charge in [-0.25, -0.2) is 9.59 Å². The van der Waals surface area contributed by atoms with E-state index in [0.717, 1.165) is 16.7 Å². The van der Waals surface area contributed by atoms with E-state index in [1.807, 2.05) is 54.6 Å². The highest BCUT2D eigenvalue weighted by molar-refractivity contribution is 5.47. The van der Waals surface area contributed by atoms with E-state index < -0.39 is 23.1 Å². The Morgan fingerprint density at radius 1 is 0.865 bits per heavy atom. The molecule has 9 nitrogen and oxygen atoms in total. The summed E-state index contributed by atoms with van der Waals surface area (Å²) in [6.07, 6.45) is 1.64. The van der Waals surface area contributed by atoms with Crippen molar-refractivity contribution in [2.45, 2.75) is 30.8 Å². The van der Waals surface area contributed by atoms with Crippen LogP contribution in [0.3, 0.4) is 0 Å². The van der Waals surface area contributed by atoms with Gasteiger partial charge in [0.1, 0.15) is 11.8 Å². The van der Waals surface area contributed by atoms with Gasteiger partial charge in [-0.15, -0.1) is 5.53 Å². The molecule has 0 N–H and O–H groups in total. The standard InChI is InChI=1S/C28H25N5O4/c29-30-31-33-25(34)18-19-32(27(33)35)26-17-16-24(37-26)20-36-28(21-10-4-1-5-11-21,22-12-6-2-7-13-22)23-14-8-3-9-15-23/h1-15,18-19,24,26H,16-17,20H2/t24-,26+/m0/s1. The van der Waals surface area contributed by atoms with E-state index in [1.54, 1.807) is 0 Å². The molecule has 186 valence electrons. The van der Waals surface area contributed by atoms with E-state index in [2.05, 4.69) is 46.5 Å². The van der Waals surface area contributed by atoms with Crippen LogP contribution >= 0.6 is 0 Å². The Morgan fingerprint density at radius 2 is 1.41 bits per heavy atom. The topological polar surface area (TPSA) is 111 Å². The molecule has 0 bridgehead atoms. The van der Waals surface area contributed by atoms with Gasteiger partial charge < -0.3 is 9.47 Å². The van der Waals surface area contributed by atoms with Crippen LogP contribution in [0.1, 0.15) is 35.8 Å². The van der Waals surface area contributed by atoms with Crippen molar-refractivity contribution in [2.24, 2.45) is 5.22 Å². The Bertz CT molecular complexity index is 1420. The summed E-state index contributed by atoms with van der Waals surface area (Å²) in [4.78, 5) is 27.2. The van der Waals surface area contributed by atoms with E-state index in [9.17, 15) is 9.59 Å². The Hall–Kier alpha value is -4.43. The molecule has 0 radical (unpaired) electrons. The first-order valence-corrected chi connectivity index (χ1v) is 12.0. The van der Waals surface area contributed by atoms with Gasteiger partial charge in [0.25, 0.3) is 0 Å². The van der Waals surface area contributed by atoms with Gasteiger partial charge in [-0.3, -0.25) is 4.57 Å². The Kier molecular flexibility index (Phi) is 7.00. The molecule has 1 aliphatic heterocycles. The van der Waals surface area contributed by atoms with Crippen LogP contribution in [-0.4, -0.2) is 22.0 Å². The smallest absolute Gasteiger partial charge is 0.358 e. The number of rotatable bonds is 8. The molecule has 1 fully saturated rings. The van der Waals surface area contributed by atoms with Gasteiger partial charge in [-0.2, -0.15) is 4.91 Å². The minimum absolute atomic E-state index is 0.264. The molecule has 0 aliphatic carbocycles. The molecule has 3 aromatic carbocycles. The zero-order valence-corrected chi connectivity index (χ0v) is 20.0. The molecule has 0 spiro atoms. The van der Waals surface area contributed by atoms with Crippen molar-refractivity contribution < 1.29 is 9.47 Å². The van der Waals surface area contributed by atoms with E-state index in [1.165, 1.54) is 16.8 Å². The van der Waals surface area contributed by atoms with Crippen molar-refractivity contribution in [3.63, 3.8) is 0 Å². The van der Waals surface area contributed by atoms with Gasteiger partial charge in [0.15, 0.2) is 0 Å². The Labute approximate surface area is 212 Å². The second-order valence-corrected chi connectivity index (χ2v) is 8.71. The summed E-state index contributed by atoms with van der Waals surface area (Å²) in [5.41, 5.74) is 9.33. The highest BCUT2D eigenvalue weighted by atomic mass is 16.6. The zero-order valence-electron chi connectivity index (χ0n) is 20.0. The van der Waals surface area contributed by atoms with Crippen LogP contribution in [0.2, 0.25) is 0 Å². The Morgan fingerprint density at radius 3 is 1.92 bits per heavy atom. The molecule has 2 heterocycles. The maximum absolute atomic E-state index is 12.7. The van der Waals surface area contributed by atoms with Crippen LogP contribution in [-0.2, 0) is 15.1 Å². The number of ether oxygens (including phenoxy) is 2. The van der Waals surface area contributed by atoms with E-state index in [0.29, 0.717) is 17.5 Å². The number of nitrogens with zero attached hydrogens (tertiary/aromatic N) is 5. The molecule has 1 aliphatic rings. The predicted octanol–water partition coefficient (Wildman–Crippen LogP) is 4.77. The van der Waals surface area contributed by atoms with Crippen molar-refractivity contribution in [2.75, 3.05) is 6.61 Å². The van der Waals surface area contributed by atoms with Crippen LogP contribution < -0.4 is 11.2 Å². The fraction of sp³-hybridized carbons (Fsp3) is 0.214. The molecule has 37 heavy (non-hydrogen) atoms. The van der Waals surface area contributed by atoms with Gasteiger partial charge in [0, 0.05) is 12.3 Å². The molecular formula is C28H25N5O4. The van der Waals surface area contributed by atoms with Crippen LogP contribution in [0.5, 0.6) is 0 Å². The fourth-order valence-electron chi connectivity index (χ4n) is 4.82. The normalized spacial score (nSPS) is 17.3. The largest absolute Gasteiger partial charge is 0.428 e. The summed E-state index contributed by atoms with van der Waals surface area (Å²) in [6.45, 7) is 0.264. The third-order valence-corrected chi connectivity index (χ3v) is 6.54. The number of hydrogen-bond acceptors (Lipinski definition) is 5. The number of azide groups is 1. The Balaban J connectivity index is 1.47. The zero-order chi connectivity index (χ0) is 25.7. The molecule has 2 atom stereocenters. The van der Waals surface area contributed by atoms with Crippen molar-refractivity contribution in [1.29, 1.82) is 0 Å². The summed E-state index contributed by atoms with van der Waals surface area (Å²) in [5.74, 6) is 0. The minimum Gasteiger partial charge on any atom is -0.358 e. The first-order valence-electron chi connectivity index (χ1n) is 12.0. The molecule has 9 heteroatoms. The van der Waals surface area contributed by atoms with Gasteiger partial charge in [0.2, 0.25) is 0 Å². The third kappa shape index (κ3) is 4.71. The van der Waals surface area contributed by atoms with Crippen molar-refractivity contribution in [3.8, 4) is 0 Å². The second-order valence-electron chi connectivity index (χ2n) is 8.71. The fourth-order valence-corrected chi connectivity index (χ4v) is 4.82.